The highest BCUT2D eigenvalue weighted by atomic mass is 35.5. The molecule has 1 aromatic heterocycles. The topological polar surface area (TPSA) is 28.2 Å². The molecule has 20 heavy (non-hydrogen) atoms. The van der Waals surface area contributed by atoms with E-state index in [1.165, 1.54) is 5.69 Å². The van der Waals surface area contributed by atoms with Gasteiger partial charge in [-0.2, -0.15) is 0 Å². The van der Waals surface area contributed by atoms with Gasteiger partial charge in [-0.25, -0.2) is 0 Å². The minimum absolute atomic E-state index is 0.694. The molecule has 2 aromatic rings. The summed E-state index contributed by atoms with van der Waals surface area (Å²) in [6.07, 6.45) is 3.43. The molecular formula is C16H20ClN3. The highest BCUT2D eigenvalue weighted by Crippen LogP contribution is 2.19. The fraction of sp³-hybridized carbons (Fsp3) is 0.312. The van der Waals surface area contributed by atoms with Crippen LogP contribution in [0.2, 0.25) is 5.02 Å². The van der Waals surface area contributed by atoms with Crippen LogP contribution >= 0.6 is 11.6 Å². The summed E-state index contributed by atoms with van der Waals surface area (Å²) >= 11 is 6.09. The number of hydrogen-bond acceptors (Lipinski definition) is 3. The van der Waals surface area contributed by atoms with Gasteiger partial charge in [0.05, 0.1) is 5.02 Å². The molecule has 0 saturated carbocycles. The monoisotopic (exact) mass is 289 g/mol. The maximum Gasteiger partial charge on any atom is 0.0639 e. The van der Waals surface area contributed by atoms with Crippen LogP contribution in [0.25, 0.3) is 0 Å². The van der Waals surface area contributed by atoms with E-state index in [9.17, 15) is 0 Å². The smallest absolute Gasteiger partial charge is 0.0639 e. The zero-order valence-electron chi connectivity index (χ0n) is 11.9. The number of anilines is 2. The van der Waals surface area contributed by atoms with Crippen molar-refractivity contribution in [3.63, 3.8) is 0 Å². The highest BCUT2D eigenvalue weighted by Gasteiger charge is 2.02. The van der Waals surface area contributed by atoms with Gasteiger partial charge in [0, 0.05) is 43.4 Å². The second kappa shape index (κ2) is 7.15. The third kappa shape index (κ3) is 3.64. The van der Waals surface area contributed by atoms with E-state index < -0.39 is 0 Å². The summed E-state index contributed by atoms with van der Waals surface area (Å²) in [5.74, 6) is 0. The van der Waals surface area contributed by atoms with Gasteiger partial charge in [-0.15, -0.1) is 0 Å². The summed E-state index contributed by atoms with van der Waals surface area (Å²) in [7, 11) is 0. The minimum Gasteiger partial charge on any atom is -0.381 e. The molecule has 1 heterocycles. The van der Waals surface area contributed by atoms with Gasteiger partial charge in [-0.3, -0.25) is 4.98 Å². The first kappa shape index (κ1) is 14.7. The van der Waals surface area contributed by atoms with Crippen molar-refractivity contribution in [3.05, 3.63) is 53.3 Å². The van der Waals surface area contributed by atoms with Gasteiger partial charge < -0.3 is 10.2 Å². The van der Waals surface area contributed by atoms with Crippen LogP contribution in [-0.2, 0) is 6.54 Å². The Labute approximate surface area is 125 Å². The molecule has 106 valence electrons. The molecule has 0 aliphatic rings. The average molecular weight is 290 g/mol. The van der Waals surface area contributed by atoms with E-state index in [-0.39, 0.29) is 0 Å². The van der Waals surface area contributed by atoms with Gasteiger partial charge in [-0.1, -0.05) is 11.6 Å². The van der Waals surface area contributed by atoms with E-state index in [1.54, 1.807) is 12.4 Å². The third-order valence-corrected chi connectivity index (χ3v) is 3.68. The Balaban J connectivity index is 1.99. The Morgan fingerprint density at radius 1 is 1.10 bits per heavy atom. The SMILES string of the molecule is CCN(CC)c1ccc(NCc2ccncc2Cl)cc1. The lowest BCUT2D eigenvalue weighted by molar-refractivity contribution is 0.866. The molecule has 1 aromatic carbocycles. The van der Waals surface area contributed by atoms with Crippen LogP contribution in [0.4, 0.5) is 11.4 Å². The van der Waals surface area contributed by atoms with Crippen LogP contribution in [0.1, 0.15) is 19.4 Å². The fourth-order valence-electron chi connectivity index (χ4n) is 2.12. The molecule has 0 unspecified atom stereocenters. The number of pyridine rings is 1. The molecule has 0 saturated heterocycles. The summed E-state index contributed by atoms with van der Waals surface area (Å²) in [6.45, 7) is 7.08. The standard InChI is InChI=1S/C16H20ClN3/c1-3-20(4-2)15-7-5-14(6-8-15)19-11-13-9-10-18-12-16(13)17/h5-10,12,19H,3-4,11H2,1-2H3. The molecule has 1 N–H and O–H groups in total. The molecule has 2 rings (SSSR count). The van der Waals surface area contributed by atoms with Gasteiger partial charge in [0.15, 0.2) is 0 Å². The maximum absolute atomic E-state index is 6.09. The molecule has 0 atom stereocenters. The number of halogens is 1. The first-order valence-electron chi connectivity index (χ1n) is 6.91. The zero-order chi connectivity index (χ0) is 14.4. The number of aromatic nitrogens is 1. The first-order valence-corrected chi connectivity index (χ1v) is 7.29. The van der Waals surface area contributed by atoms with Gasteiger partial charge in [0.25, 0.3) is 0 Å². The van der Waals surface area contributed by atoms with Crippen molar-refractivity contribution in [2.45, 2.75) is 20.4 Å². The predicted molar refractivity (Wildman–Crippen MR) is 86.6 cm³/mol. The van der Waals surface area contributed by atoms with Crippen LogP contribution in [0, 0.1) is 0 Å². The third-order valence-electron chi connectivity index (χ3n) is 3.34. The van der Waals surface area contributed by atoms with Crippen LogP contribution in [-0.4, -0.2) is 18.1 Å². The fourth-order valence-corrected chi connectivity index (χ4v) is 2.31. The Morgan fingerprint density at radius 3 is 2.40 bits per heavy atom. The molecule has 0 radical (unpaired) electrons. The molecule has 0 amide bonds. The van der Waals surface area contributed by atoms with E-state index in [4.69, 9.17) is 11.6 Å². The molecule has 0 bridgehead atoms. The average Bonchev–Trinajstić information content (AvgIpc) is 2.49. The minimum atomic E-state index is 0.694. The van der Waals surface area contributed by atoms with Crippen LogP contribution < -0.4 is 10.2 Å². The predicted octanol–water partition coefficient (Wildman–Crippen LogP) is 4.19. The summed E-state index contributed by atoms with van der Waals surface area (Å²) in [5, 5.41) is 4.07. The van der Waals surface area contributed by atoms with E-state index in [1.807, 2.05) is 6.07 Å². The van der Waals surface area contributed by atoms with E-state index in [0.29, 0.717) is 11.6 Å². The van der Waals surface area contributed by atoms with Crippen molar-refractivity contribution in [2.24, 2.45) is 0 Å². The Morgan fingerprint density at radius 2 is 1.80 bits per heavy atom. The van der Waals surface area contributed by atoms with Crippen LogP contribution in [0.5, 0.6) is 0 Å². The highest BCUT2D eigenvalue weighted by molar-refractivity contribution is 6.31. The number of hydrogen-bond donors (Lipinski definition) is 1. The molecule has 4 heteroatoms. The number of rotatable bonds is 6. The molecule has 3 nitrogen and oxygen atoms in total. The zero-order valence-corrected chi connectivity index (χ0v) is 12.7. The lowest BCUT2D eigenvalue weighted by atomic mass is 10.2. The van der Waals surface area contributed by atoms with E-state index >= 15 is 0 Å². The molecule has 0 fully saturated rings. The molecule has 0 aliphatic carbocycles. The Hall–Kier alpha value is -1.74. The normalized spacial score (nSPS) is 10.3. The van der Waals surface area contributed by atoms with Crippen molar-refractivity contribution in [1.29, 1.82) is 0 Å². The summed E-state index contributed by atoms with van der Waals surface area (Å²) in [6, 6.07) is 10.4. The Kier molecular flexibility index (Phi) is 5.24. The Bertz CT molecular complexity index is 536. The molecular weight excluding hydrogens is 270 g/mol. The van der Waals surface area contributed by atoms with Crippen molar-refractivity contribution in [2.75, 3.05) is 23.3 Å². The van der Waals surface area contributed by atoms with E-state index in [2.05, 4.69) is 53.3 Å². The van der Waals surface area contributed by atoms with Gasteiger partial charge in [0.1, 0.15) is 0 Å². The number of nitrogens with zero attached hydrogens (tertiary/aromatic N) is 2. The van der Waals surface area contributed by atoms with Crippen LogP contribution in [0.15, 0.2) is 42.7 Å². The lowest BCUT2D eigenvalue weighted by Gasteiger charge is -2.21. The van der Waals surface area contributed by atoms with Crippen molar-refractivity contribution in [1.82, 2.24) is 4.98 Å². The van der Waals surface area contributed by atoms with Crippen molar-refractivity contribution < 1.29 is 0 Å². The number of nitrogens with one attached hydrogen (secondary N) is 1. The lowest BCUT2D eigenvalue weighted by Crippen LogP contribution is -2.21. The first-order chi connectivity index (χ1) is 9.74. The van der Waals surface area contributed by atoms with Gasteiger partial charge in [-0.05, 0) is 49.7 Å². The van der Waals surface area contributed by atoms with Crippen LogP contribution in [0.3, 0.4) is 0 Å². The summed E-state index contributed by atoms with van der Waals surface area (Å²) in [4.78, 5) is 6.31. The molecule has 0 aliphatic heterocycles. The summed E-state index contributed by atoms with van der Waals surface area (Å²) in [5.41, 5.74) is 3.39. The van der Waals surface area contributed by atoms with Crippen molar-refractivity contribution >= 4 is 23.0 Å². The van der Waals surface area contributed by atoms with Gasteiger partial charge >= 0.3 is 0 Å². The van der Waals surface area contributed by atoms with Crippen molar-refractivity contribution in [3.8, 4) is 0 Å². The molecule has 0 spiro atoms. The van der Waals surface area contributed by atoms with Gasteiger partial charge in [0.2, 0.25) is 0 Å². The van der Waals surface area contributed by atoms with E-state index in [0.717, 1.165) is 24.3 Å². The maximum atomic E-state index is 6.09. The summed E-state index contributed by atoms with van der Waals surface area (Å²) < 4.78 is 0. The second-order valence-corrected chi connectivity index (χ2v) is 4.95. The number of benzene rings is 1. The largest absolute Gasteiger partial charge is 0.381 e. The quantitative estimate of drug-likeness (QED) is 0.864. The second-order valence-electron chi connectivity index (χ2n) is 4.54.